The number of benzene rings is 1. The van der Waals surface area contributed by atoms with Gasteiger partial charge in [-0.1, -0.05) is 23.4 Å². The number of amides is 1. The van der Waals surface area contributed by atoms with Crippen LogP contribution in [0.1, 0.15) is 17.1 Å². The second kappa shape index (κ2) is 8.40. The number of H-pyrrole nitrogens is 2. The average molecular weight is 426 g/mol. The fourth-order valence-electron chi connectivity index (χ4n) is 2.26. The number of halogens is 2. The zero-order valence-electron chi connectivity index (χ0n) is 14.3. The van der Waals surface area contributed by atoms with Gasteiger partial charge in [-0.2, -0.15) is 0 Å². The van der Waals surface area contributed by atoms with Gasteiger partial charge in [-0.25, -0.2) is 9.18 Å². The molecule has 12 heteroatoms. The minimum Gasteiger partial charge on any atom is -0.416 e. The molecular weight excluding hydrogens is 413 g/mol. The Labute approximate surface area is 165 Å². The van der Waals surface area contributed by atoms with Crippen molar-refractivity contribution in [3.8, 4) is 0 Å². The Hall–Kier alpha value is -2.92. The van der Waals surface area contributed by atoms with E-state index in [0.717, 1.165) is 17.8 Å². The number of rotatable bonds is 6. The Morgan fingerprint density at radius 2 is 2.11 bits per heavy atom. The number of carbonyl (C=O) groups excluding carboxylic acids is 1. The standard InChI is InChI=1S/C16H13ClFN5O4S/c1-7-9(14(25)21-15(26)19-7)5-13-22-23-16(27-13)28-6-12(24)20-8-2-3-11(18)10(17)4-8/h2-4H,5-6H2,1H3,(H,20,24)(H2,19,21,25,26). The first kappa shape index (κ1) is 19.8. The number of carbonyl (C=O) groups is 1. The van der Waals surface area contributed by atoms with Crippen LogP contribution in [0.15, 0.2) is 37.4 Å². The van der Waals surface area contributed by atoms with Gasteiger partial charge >= 0.3 is 5.69 Å². The molecule has 2 heterocycles. The van der Waals surface area contributed by atoms with E-state index in [4.69, 9.17) is 16.0 Å². The van der Waals surface area contributed by atoms with E-state index < -0.39 is 17.1 Å². The van der Waals surface area contributed by atoms with Gasteiger partial charge in [0.1, 0.15) is 5.82 Å². The summed E-state index contributed by atoms with van der Waals surface area (Å²) in [4.78, 5) is 39.6. The summed E-state index contributed by atoms with van der Waals surface area (Å²) in [6.07, 6.45) is 0.0335. The number of aromatic amines is 2. The number of hydrogen-bond donors (Lipinski definition) is 3. The molecule has 3 aromatic rings. The second-order valence-electron chi connectivity index (χ2n) is 5.62. The quantitative estimate of drug-likeness (QED) is 0.513. The molecule has 0 unspecified atom stereocenters. The topological polar surface area (TPSA) is 134 Å². The van der Waals surface area contributed by atoms with Crippen molar-refractivity contribution < 1.29 is 13.6 Å². The molecule has 1 amide bonds. The van der Waals surface area contributed by atoms with E-state index in [0.29, 0.717) is 16.9 Å². The molecule has 0 radical (unpaired) electrons. The highest BCUT2D eigenvalue weighted by atomic mass is 35.5. The van der Waals surface area contributed by atoms with Crippen LogP contribution in [0.3, 0.4) is 0 Å². The summed E-state index contributed by atoms with van der Waals surface area (Å²) in [5.41, 5.74) is -0.0762. The first-order valence-corrected chi connectivity index (χ1v) is 9.20. The van der Waals surface area contributed by atoms with Gasteiger partial charge < -0.3 is 14.7 Å². The molecule has 0 fully saturated rings. The fraction of sp³-hybridized carbons (Fsp3) is 0.188. The van der Waals surface area contributed by atoms with Gasteiger partial charge in [0.15, 0.2) is 0 Å². The maximum atomic E-state index is 13.1. The minimum absolute atomic E-state index is 0.0328. The number of aryl methyl sites for hydroxylation is 1. The Morgan fingerprint density at radius 1 is 1.32 bits per heavy atom. The lowest BCUT2D eigenvalue weighted by molar-refractivity contribution is -0.113. The summed E-state index contributed by atoms with van der Waals surface area (Å²) in [6.45, 7) is 1.59. The van der Waals surface area contributed by atoms with Crippen molar-refractivity contribution in [2.45, 2.75) is 18.6 Å². The van der Waals surface area contributed by atoms with Gasteiger partial charge in [-0.05, 0) is 25.1 Å². The molecule has 146 valence electrons. The van der Waals surface area contributed by atoms with E-state index >= 15 is 0 Å². The van der Waals surface area contributed by atoms with Crippen LogP contribution < -0.4 is 16.6 Å². The summed E-state index contributed by atoms with van der Waals surface area (Å²) < 4.78 is 18.5. The molecular formula is C16H13ClFN5O4S. The van der Waals surface area contributed by atoms with E-state index in [1.807, 2.05) is 0 Å². The fourth-order valence-corrected chi connectivity index (χ4v) is 3.02. The Bertz CT molecular complexity index is 1140. The Morgan fingerprint density at radius 3 is 2.82 bits per heavy atom. The summed E-state index contributed by atoms with van der Waals surface area (Å²) in [7, 11) is 0. The number of nitrogens with one attached hydrogen (secondary N) is 3. The molecule has 0 aliphatic carbocycles. The Balaban J connectivity index is 1.59. The zero-order valence-corrected chi connectivity index (χ0v) is 15.9. The van der Waals surface area contributed by atoms with Gasteiger partial charge in [0.05, 0.1) is 17.2 Å². The van der Waals surface area contributed by atoms with Crippen molar-refractivity contribution in [1.82, 2.24) is 20.2 Å². The molecule has 0 spiro atoms. The van der Waals surface area contributed by atoms with Crippen molar-refractivity contribution in [3.05, 3.63) is 67.0 Å². The van der Waals surface area contributed by atoms with Gasteiger partial charge in [-0.3, -0.25) is 14.6 Å². The number of thioether (sulfide) groups is 1. The average Bonchev–Trinajstić information content (AvgIpc) is 3.07. The summed E-state index contributed by atoms with van der Waals surface area (Å²) in [6, 6.07) is 3.84. The predicted octanol–water partition coefficient (Wildman–Crippen LogP) is 1.87. The van der Waals surface area contributed by atoms with Crippen LogP contribution in [0.5, 0.6) is 0 Å². The van der Waals surface area contributed by atoms with Crippen LogP contribution in [-0.2, 0) is 11.2 Å². The van der Waals surface area contributed by atoms with Gasteiger partial charge in [0.2, 0.25) is 11.8 Å². The zero-order chi connectivity index (χ0) is 20.3. The van der Waals surface area contributed by atoms with Crippen LogP contribution in [0.4, 0.5) is 10.1 Å². The third-order valence-corrected chi connectivity index (χ3v) is 4.67. The van der Waals surface area contributed by atoms with Crippen molar-refractivity contribution in [2.24, 2.45) is 0 Å². The lowest BCUT2D eigenvalue weighted by atomic mass is 10.2. The summed E-state index contributed by atoms with van der Waals surface area (Å²) in [5.74, 6) is -0.826. The molecule has 0 saturated heterocycles. The predicted molar refractivity (Wildman–Crippen MR) is 100 cm³/mol. The highest BCUT2D eigenvalue weighted by Gasteiger charge is 2.14. The molecule has 9 nitrogen and oxygen atoms in total. The highest BCUT2D eigenvalue weighted by molar-refractivity contribution is 7.99. The normalized spacial score (nSPS) is 10.8. The van der Waals surface area contributed by atoms with E-state index in [2.05, 4.69) is 25.5 Å². The van der Waals surface area contributed by atoms with Crippen LogP contribution in [-0.4, -0.2) is 31.8 Å². The van der Waals surface area contributed by atoms with E-state index in [1.54, 1.807) is 6.92 Å². The molecule has 3 N–H and O–H groups in total. The number of nitrogens with zero attached hydrogens (tertiary/aromatic N) is 2. The molecule has 1 aromatic carbocycles. The van der Waals surface area contributed by atoms with Crippen molar-refractivity contribution in [2.75, 3.05) is 11.1 Å². The smallest absolute Gasteiger partial charge is 0.325 e. The molecule has 0 bridgehead atoms. The molecule has 28 heavy (non-hydrogen) atoms. The number of anilines is 1. The van der Waals surface area contributed by atoms with E-state index in [-0.39, 0.29) is 34.2 Å². The highest BCUT2D eigenvalue weighted by Crippen LogP contribution is 2.21. The van der Waals surface area contributed by atoms with Crippen LogP contribution in [0.25, 0.3) is 0 Å². The van der Waals surface area contributed by atoms with Crippen molar-refractivity contribution in [3.63, 3.8) is 0 Å². The Kier molecular flexibility index (Phi) is 5.95. The van der Waals surface area contributed by atoms with E-state index in [9.17, 15) is 18.8 Å². The van der Waals surface area contributed by atoms with Gasteiger partial charge in [-0.15, -0.1) is 10.2 Å². The molecule has 0 aliphatic rings. The molecule has 2 aromatic heterocycles. The van der Waals surface area contributed by atoms with Crippen LogP contribution in [0, 0.1) is 12.7 Å². The maximum absolute atomic E-state index is 13.1. The first-order chi connectivity index (χ1) is 13.3. The van der Waals surface area contributed by atoms with Crippen LogP contribution >= 0.6 is 23.4 Å². The largest absolute Gasteiger partial charge is 0.416 e. The monoisotopic (exact) mass is 425 g/mol. The minimum atomic E-state index is -0.596. The van der Waals surface area contributed by atoms with E-state index in [1.165, 1.54) is 12.1 Å². The lowest BCUT2D eigenvalue weighted by Gasteiger charge is -2.04. The van der Waals surface area contributed by atoms with Gasteiger partial charge in [0, 0.05) is 16.9 Å². The summed E-state index contributed by atoms with van der Waals surface area (Å²) >= 11 is 6.66. The SMILES string of the molecule is Cc1[nH]c(=O)[nH]c(=O)c1Cc1nnc(SCC(=O)Nc2ccc(F)c(Cl)c2)o1. The van der Waals surface area contributed by atoms with Gasteiger partial charge in [0.25, 0.3) is 10.8 Å². The maximum Gasteiger partial charge on any atom is 0.325 e. The third-order valence-electron chi connectivity index (χ3n) is 3.56. The first-order valence-electron chi connectivity index (χ1n) is 7.84. The molecule has 3 rings (SSSR count). The molecule has 0 atom stereocenters. The number of aromatic nitrogens is 4. The van der Waals surface area contributed by atoms with Crippen LogP contribution in [0.2, 0.25) is 5.02 Å². The molecule has 0 aliphatic heterocycles. The third kappa shape index (κ3) is 4.87. The van der Waals surface area contributed by atoms with Crippen molar-refractivity contribution in [1.29, 1.82) is 0 Å². The number of hydrogen-bond acceptors (Lipinski definition) is 7. The summed E-state index contributed by atoms with van der Waals surface area (Å²) in [5, 5.41) is 10.2. The second-order valence-corrected chi connectivity index (χ2v) is 6.95. The lowest BCUT2D eigenvalue weighted by Crippen LogP contribution is -2.27. The van der Waals surface area contributed by atoms with Crippen molar-refractivity contribution >= 4 is 35.0 Å². The molecule has 0 saturated carbocycles.